The van der Waals surface area contributed by atoms with Crippen molar-refractivity contribution in [1.29, 1.82) is 0 Å². The molecule has 0 fully saturated rings. The quantitative estimate of drug-likeness (QED) is 0.460. The van der Waals surface area contributed by atoms with Gasteiger partial charge in [0.1, 0.15) is 6.04 Å². The largest absolute Gasteiger partial charge is 0.480 e. The summed E-state index contributed by atoms with van der Waals surface area (Å²) >= 11 is 3.84. The zero-order valence-electron chi connectivity index (χ0n) is 7.35. The molecule has 0 aromatic carbocycles. The van der Waals surface area contributed by atoms with Crippen molar-refractivity contribution < 1.29 is 14.7 Å². The van der Waals surface area contributed by atoms with Crippen LogP contribution in [0.5, 0.6) is 0 Å². The van der Waals surface area contributed by atoms with Gasteiger partial charge in [0, 0.05) is 19.7 Å². The van der Waals surface area contributed by atoms with E-state index in [4.69, 9.17) is 5.11 Å². The monoisotopic (exact) mass is 228 g/mol. The molecule has 0 bridgehead atoms. The molecule has 0 heterocycles. The Morgan fingerprint density at radius 3 is 2.31 bits per heavy atom. The molecule has 5 nitrogen and oxygen atoms in total. The molecular formula is C6H13ClN2O3S. The maximum absolute atomic E-state index is 10.5. The van der Waals surface area contributed by atoms with Crippen LogP contribution in [0.15, 0.2) is 0 Å². The Hall–Kier alpha value is -0.460. The highest BCUT2D eigenvalue weighted by Gasteiger charge is 2.21. The first-order valence-electron chi connectivity index (χ1n) is 3.32. The van der Waals surface area contributed by atoms with E-state index in [1.807, 2.05) is 0 Å². The summed E-state index contributed by atoms with van der Waals surface area (Å²) in [4.78, 5) is 21.0. The van der Waals surface area contributed by atoms with Crippen LogP contribution in [-0.4, -0.2) is 40.8 Å². The highest BCUT2D eigenvalue weighted by Crippen LogP contribution is 1.95. The van der Waals surface area contributed by atoms with Gasteiger partial charge in [-0.2, -0.15) is 12.6 Å². The molecule has 13 heavy (non-hydrogen) atoms. The number of thiol groups is 1. The summed E-state index contributed by atoms with van der Waals surface area (Å²) < 4.78 is 0. The number of carbonyl (C=O) groups excluding carboxylic acids is 1. The third kappa shape index (κ3) is 5.73. The number of nitrogens with one attached hydrogen (secondary N) is 1. The van der Waals surface area contributed by atoms with E-state index in [-0.39, 0.29) is 24.1 Å². The van der Waals surface area contributed by atoms with E-state index in [1.165, 1.54) is 19.0 Å². The average molecular weight is 229 g/mol. The van der Waals surface area contributed by atoms with Crippen LogP contribution in [-0.2, 0) is 9.59 Å². The SMILES string of the molecule is CC(=O)NN(C)[C@@H](CS)C(=O)O.Cl. The number of rotatable bonds is 4. The molecule has 0 saturated heterocycles. The molecule has 0 aromatic heterocycles. The van der Waals surface area contributed by atoms with E-state index in [0.717, 1.165) is 0 Å². The van der Waals surface area contributed by atoms with Crippen LogP contribution in [0.4, 0.5) is 0 Å². The molecule has 2 N–H and O–H groups in total. The van der Waals surface area contributed by atoms with E-state index >= 15 is 0 Å². The summed E-state index contributed by atoms with van der Waals surface area (Å²) in [6.45, 7) is 1.31. The van der Waals surface area contributed by atoms with Crippen molar-refractivity contribution in [3.05, 3.63) is 0 Å². The summed E-state index contributed by atoms with van der Waals surface area (Å²) in [7, 11) is 1.48. The second-order valence-electron chi connectivity index (χ2n) is 2.32. The van der Waals surface area contributed by atoms with E-state index in [9.17, 15) is 9.59 Å². The molecule has 78 valence electrons. The number of carbonyl (C=O) groups is 2. The van der Waals surface area contributed by atoms with E-state index in [2.05, 4.69) is 18.1 Å². The first-order valence-corrected chi connectivity index (χ1v) is 3.96. The first-order chi connectivity index (χ1) is 5.49. The van der Waals surface area contributed by atoms with E-state index in [1.54, 1.807) is 0 Å². The van der Waals surface area contributed by atoms with Gasteiger partial charge in [0.25, 0.3) is 0 Å². The van der Waals surface area contributed by atoms with Crippen molar-refractivity contribution >= 4 is 36.9 Å². The van der Waals surface area contributed by atoms with Gasteiger partial charge in [0.15, 0.2) is 0 Å². The van der Waals surface area contributed by atoms with Crippen molar-refractivity contribution in [2.75, 3.05) is 12.8 Å². The Kier molecular flexibility index (Phi) is 8.09. The average Bonchev–Trinajstić information content (AvgIpc) is 1.85. The second kappa shape index (κ2) is 6.99. The van der Waals surface area contributed by atoms with Crippen molar-refractivity contribution in [2.45, 2.75) is 13.0 Å². The molecule has 0 aliphatic carbocycles. The number of amides is 1. The Labute approximate surface area is 88.3 Å². The summed E-state index contributed by atoms with van der Waals surface area (Å²) in [6, 6.07) is -0.794. The molecule has 0 spiro atoms. The van der Waals surface area contributed by atoms with Crippen LogP contribution in [0, 0.1) is 0 Å². The Morgan fingerprint density at radius 2 is 2.08 bits per heavy atom. The fourth-order valence-corrected chi connectivity index (χ4v) is 1.09. The Morgan fingerprint density at radius 1 is 1.62 bits per heavy atom. The van der Waals surface area contributed by atoms with Crippen LogP contribution >= 0.6 is 25.0 Å². The number of carboxylic acids is 1. The minimum Gasteiger partial charge on any atom is -0.480 e. The molecule has 0 saturated carbocycles. The van der Waals surface area contributed by atoms with Gasteiger partial charge >= 0.3 is 5.97 Å². The van der Waals surface area contributed by atoms with Gasteiger partial charge < -0.3 is 5.11 Å². The number of halogens is 1. The molecule has 0 aliphatic heterocycles. The summed E-state index contributed by atoms with van der Waals surface area (Å²) in [5, 5.41) is 9.83. The highest BCUT2D eigenvalue weighted by molar-refractivity contribution is 7.80. The minimum atomic E-state index is -1.01. The molecule has 0 radical (unpaired) electrons. The normalized spacial score (nSPS) is 11.7. The van der Waals surface area contributed by atoms with Crippen molar-refractivity contribution in [2.24, 2.45) is 0 Å². The zero-order valence-corrected chi connectivity index (χ0v) is 9.06. The predicted molar refractivity (Wildman–Crippen MR) is 54.1 cm³/mol. The van der Waals surface area contributed by atoms with Crippen molar-refractivity contribution in [3.8, 4) is 0 Å². The number of hydrogen-bond donors (Lipinski definition) is 3. The van der Waals surface area contributed by atoms with Gasteiger partial charge in [0.05, 0.1) is 0 Å². The van der Waals surface area contributed by atoms with E-state index < -0.39 is 12.0 Å². The molecule has 0 unspecified atom stereocenters. The highest BCUT2D eigenvalue weighted by atomic mass is 35.5. The number of nitrogens with zero attached hydrogens (tertiary/aromatic N) is 1. The molecule has 0 rings (SSSR count). The Bertz CT molecular complexity index is 191. The van der Waals surface area contributed by atoms with Gasteiger partial charge in [-0.05, 0) is 0 Å². The molecule has 0 aliphatic rings. The lowest BCUT2D eigenvalue weighted by molar-refractivity contribution is -0.144. The standard InChI is InChI=1S/C6H12N2O3S.ClH/c1-4(9)7-8(2)5(3-12)6(10)11;/h5,12H,3H2,1-2H3,(H,7,9)(H,10,11);1H/t5-;/m0./s1. The fraction of sp³-hybridized carbons (Fsp3) is 0.667. The maximum atomic E-state index is 10.5. The van der Waals surface area contributed by atoms with Crippen LogP contribution < -0.4 is 5.43 Å². The summed E-state index contributed by atoms with van der Waals surface area (Å²) in [6.07, 6.45) is 0. The minimum absolute atomic E-state index is 0. The van der Waals surface area contributed by atoms with Gasteiger partial charge in [-0.25, -0.2) is 5.01 Å². The van der Waals surface area contributed by atoms with Gasteiger partial charge in [-0.1, -0.05) is 0 Å². The van der Waals surface area contributed by atoms with Crippen molar-refractivity contribution in [1.82, 2.24) is 10.4 Å². The summed E-state index contributed by atoms with van der Waals surface area (Å²) in [5.41, 5.74) is 2.34. The topological polar surface area (TPSA) is 69.6 Å². The molecule has 0 aromatic rings. The third-order valence-electron chi connectivity index (χ3n) is 1.26. The van der Waals surface area contributed by atoms with Crippen LogP contribution in [0.3, 0.4) is 0 Å². The van der Waals surface area contributed by atoms with Crippen LogP contribution in [0.1, 0.15) is 6.92 Å². The number of aliphatic carboxylic acids is 1. The maximum Gasteiger partial charge on any atom is 0.323 e. The molecule has 1 amide bonds. The second-order valence-corrected chi connectivity index (χ2v) is 2.68. The Balaban J connectivity index is 0. The number of hydrazine groups is 1. The molecule has 7 heteroatoms. The molecule has 1 atom stereocenters. The predicted octanol–water partition coefficient (Wildman–Crippen LogP) is -0.226. The zero-order chi connectivity index (χ0) is 9.72. The summed E-state index contributed by atoms with van der Waals surface area (Å²) in [5.74, 6) is -1.17. The van der Waals surface area contributed by atoms with Gasteiger partial charge in [0.2, 0.25) is 5.91 Å². The smallest absolute Gasteiger partial charge is 0.323 e. The number of likely N-dealkylation sites (N-methyl/N-ethyl adjacent to an activating group) is 1. The lowest BCUT2D eigenvalue weighted by atomic mass is 10.3. The van der Waals surface area contributed by atoms with Crippen LogP contribution in [0.25, 0.3) is 0 Å². The first kappa shape index (κ1) is 15.0. The fourth-order valence-electron chi connectivity index (χ4n) is 0.692. The number of carboxylic acid groups (broad SMARTS) is 1. The van der Waals surface area contributed by atoms with Crippen LogP contribution in [0.2, 0.25) is 0 Å². The van der Waals surface area contributed by atoms with E-state index in [0.29, 0.717) is 0 Å². The number of hydrogen-bond acceptors (Lipinski definition) is 4. The third-order valence-corrected chi connectivity index (χ3v) is 1.61. The molecular weight excluding hydrogens is 216 g/mol. The van der Waals surface area contributed by atoms with Gasteiger partial charge in [-0.3, -0.25) is 15.0 Å². The lowest BCUT2D eigenvalue weighted by Gasteiger charge is -2.22. The van der Waals surface area contributed by atoms with Gasteiger partial charge in [-0.15, -0.1) is 12.4 Å². The van der Waals surface area contributed by atoms with Crippen molar-refractivity contribution in [3.63, 3.8) is 0 Å². The lowest BCUT2D eigenvalue weighted by Crippen LogP contribution is -2.49.